The van der Waals surface area contributed by atoms with Gasteiger partial charge in [0.15, 0.2) is 0 Å². The molecule has 0 bridgehead atoms. The largest absolute Gasteiger partial charge is 0.369 e. The van der Waals surface area contributed by atoms with Gasteiger partial charge in [0.2, 0.25) is 0 Å². The Hall–Kier alpha value is -2.78. The summed E-state index contributed by atoms with van der Waals surface area (Å²) in [5, 5.41) is 2.29. The molecule has 0 amide bonds. The number of nitrogens with zero attached hydrogens (tertiary/aromatic N) is 2. The number of ether oxygens (including phenoxy) is 1. The third kappa shape index (κ3) is 3.05. The lowest BCUT2D eigenvalue weighted by Gasteiger charge is -2.06. The molecule has 4 aromatic rings. The van der Waals surface area contributed by atoms with Crippen LogP contribution in [0, 0.1) is 0 Å². The Kier molecular flexibility index (Phi) is 3.70. The molecular weight excluding hydrogens is 284 g/mol. The van der Waals surface area contributed by atoms with Crippen LogP contribution in [0.3, 0.4) is 0 Å². The van der Waals surface area contributed by atoms with Crippen LogP contribution in [0.25, 0.3) is 21.8 Å². The molecule has 3 heteroatoms. The predicted molar refractivity (Wildman–Crippen MR) is 92.0 cm³/mol. The van der Waals surface area contributed by atoms with Crippen molar-refractivity contribution in [3.63, 3.8) is 0 Å². The van der Waals surface area contributed by atoms with E-state index < -0.39 is 0 Å². The first-order chi connectivity index (χ1) is 11.4. The number of para-hydroxylation sites is 2. The van der Waals surface area contributed by atoms with Gasteiger partial charge in [-0.3, -0.25) is 9.97 Å². The highest BCUT2D eigenvalue weighted by molar-refractivity contribution is 5.79. The Morgan fingerprint density at radius 3 is 1.57 bits per heavy atom. The molecule has 0 aliphatic carbocycles. The van der Waals surface area contributed by atoms with Crippen LogP contribution < -0.4 is 0 Å². The lowest BCUT2D eigenvalue weighted by atomic mass is 10.2. The average Bonchev–Trinajstić information content (AvgIpc) is 2.61. The van der Waals surface area contributed by atoms with Gasteiger partial charge in [0, 0.05) is 10.8 Å². The number of fused-ring (bicyclic) bond motifs is 2. The molecule has 0 atom stereocenters. The molecule has 2 aromatic carbocycles. The lowest BCUT2D eigenvalue weighted by molar-refractivity contribution is 0.102. The fourth-order valence-electron chi connectivity index (χ4n) is 2.64. The molecule has 0 aliphatic heterocycles. The first-order valence-electron chi connectivity index (χ1n) is 7.65. The van der Waals surface area contributed by atoms with E-state index in [4.69, 9.17) is 4.74 Å². The SMILES string of the molecule is c1ccc2nc(COCc3ccc4ccccc4n3)ccc2c1. The zero-order valence-electron chi connectivity index (χ0n) is 12.6. The number of rotatable bonds is 4. The maximum atomic E-state index is 5.78. The summed E-state index contributed by atoms with van der Waals surface area (Å²) in [6.45, 7) is 0.971. The van der Waals surface area contributed by atoms with E-state index in [1.54, 1.807) is 0 Å². The van der Waals surface area contributed by atoms with Crippen molar-refractivity contribution in [2.45, 2.75) is 13.2 Å². The van der Waals surface area contributed by atoms with Crippen molar-refractivity contribution in [2.24, 2.45) is 0 Å². The first kappa shape index (κ1) is 13.9. The average molecular weight is 300 g/mol. The van der Waals surface area contributed by atoms with Gasteiger partial charge in [-0.15, -0.1) is 0 Å². The fourth-order valence-corrected chi connectivity index (χ4v) is 2.64. The molecule has 2 heterocycles. The van der Waals surface area contributed by atoms with E-state index >= 15 is 0 Å². The van der Waals surface area contributed by atoms with Gasteiger partial charge in [-0.05, 0) is 24.3 Å². The first-order valence-corrected chi connectivity index (χ1v) is 7.65. The normalized spacial score (nSPS) is 11.1. The topological polar surface area (TPSA) is 35.0 Å². The Labute approximate surface area is 134 Å². The summed E-state index contributed by atoms with van der Waals surface area (Å²) in [6, 6.07) is 24.4. The molecule has 23 heavy (non-hydrogen) atoms. The van der Waals surface area contributed by atoms with Crippen molar-refractivity contribution in [2.75, 3.05) is 0 Å². The number of hydrogen-bond acceptors (Lipinski definition) is 3. The van der Waals surface area contributed by atoms with Gasteiger partial charge >= 0.3 is 0 Å². The number of pyridine rings is 2. The molecule has 3 nitrogen and oxygen atoms in total. The molecule has 0 aliphatic rings. The molecule has 0 N–H and O–H groups in total. The van der Waals surface area contributed by atoms with Crippen LogP contribution in [0.2, 0.25) is 0 Å². The summed E-state index contributed by atoms with van der Waals surface area (Å²) in [6.07, 6.45) is 0. The van der Waals surface area contributed by atoms with E-state index in [9.17, 15) is 0 Å². The molecular formula is C20H16N2O. The highest BCUT2D eigenvalue weighted by Gasteiger charge is 2.01. The second-order valence-electron chi connectivity index (χ2n) is 5.48. The van der Waals surface area contributed by atoms with Crippen LogP contribution in [-0.2, 0) is 18.0 Å². The standard InChI is InChI=1S/C20H16N2O/c1-3-7-19-15(5-1)9-11-17(21-19)13-23-14-18-12-10-16-6-2-4-8-20(16)22-18/h1-12H,13-14H2. The summed E-state index contributed by atoms with van der Waals surface area (Å²) < 4.78 is 5.78. The van der Waals surface area contributed by atoms with Gasteiger partial charge in [-0.2, -0.15) is 0 Å². The Balaban J connectivity index is 1.45. The summed E-state index contributed by atoms with van der Waals surface area (Å²) in [4.78, 5) is 9.22. The van der Waals surface area contributed by atoms with Gasteiger partial charge in [0.1, 0.15) is 0 Å². The van der Waals surface area contributed by atoms with Crippen LogP contribution in [0.15, 0.2) is 72.8 Å². The Morgan fingerprint density at radius 2 is 1.04 bits per heavy atom. The van der Waals surface area contributed by atoms with Crippen LogP contribution >= 0.6 is 0 Å². The Morgan fingerprint density at radius 1 is 0.565 bits per heavy atom. The Bertz CT molecular complexity index is 886. The quantitative estimate of drug-likeness (QED) is 0.556. The minimum atomic E-state index is 0.485. The lowest BCUT2D eigenvalue weighted by Crippen LogP contribution is -1.98. The van der Waals surface area contributed by atoms with Crippen LogP contribution in [0.4, 0.5) is 0 Å². The second-order valence-corrected chi connectivity index (χ2v) is 5.48. The van der Waals surface area contributed by atoms with E-state index in [-0.39, 0.29) is 0 Å². The summed E-state index contributed by atoms with van der Waals surface area (Å²) >= 11 is 0. The minimum Gasteiger partial charge on any atom is -0.369 e. The van der Waals surface area contributed by atoms with E-state index in [0.29, 0.717) is 13.2 Å². The van der Waals surface area contributed by atoms with Gasteiger partial charge in [0.25, 0.3) is 0 Å². The molecule has 0 fully saturated rings. The van der Waals surface area contributed by atoms with Crippen molar-refractivity contribution in [1.82, 2.24) is 9.97 Å². The van der Waals surface area contributed by atoms with Crippen LogP contribution in [0.5, 0.6) is 0 Å². The van der Waals surface area contributed by atoms with Gasteiger partial charge in [0.05, 0.1) is 35.6 Å². The number of aromatic nitrogens is 2. The molecule has 0 spiro atoms. The number of benzene rings is 2. The van der Waals surface area contributed by atoms with Crippen molar-refractivity contribution in [1.29, 1.82) is 0 Å². The van der Waals surface area contributed by atoms with Gasteiger partial charge in [-0.25, -0.2) is 0 Å². The van der Waals surface area contributed by atoms with E-state index in [1.807, 2.05) is 48.5 Å². The fraction of sp³-hybridized carbons (Fsp3) is 0.100. The zero-order chi connectivity index (χ0) is 15.5. The maximum absolute atomic E-state index is 5.78. The highest BCUT2D eigenvalue weighted by Crippen LogP contribution is 2.14. The summed E-state index contributed by atoms with van der Waals surface area (Å²) in [7, 11) is 0. The van der Waals surface area contributed by atoms with E-state index in [0.717, 1.165) is 33.2 Å². The van der Waals surface area contributed by atoms with Crippen LogP contribution in [0.1, 0.15) is 11.4 Å². The third-order valence-electron chi connectivity index (χ3n) is 3.81. The van der Waals surface area contributed by atoms with Crippen molar-refractivity contribution >= 4 is 21.8 Å². The predicted octanol–water partition coefficient (Wildman–Crippen LogP) is 4.50. The molecule has 0 saturated carbocycles. The van der Waals surface area contributed by atoms with Crippen molar-refractivity contribution < 1.29 is 4.74 Å². The second kappa shape index (κ2) is 6.15. The minimum absolute atomic E-state index is 0.485. The monoisotopic (exact) mass is 300 g/mol. The van der Waals surface area contributed by atoms with Gasteiger partial charge in [-0.1, -0.05) is 48.5 Å². The smallest absolute Gasteiger partial charge is 0.0893 e. The molecule has 2 aromatic heterocycles. The molecule has 112 valence electrons. The third-order valence-corrected chi connectivity index (χ3v) is 3.81. The highest BCUT2D eigenvalue weighted by atomic mass is 16.5. The zero-order valence-corrected chi connectivity index (χ0v) is 12.6. The van der Waals surface area contributed by atoms with Gasteiger partial charge < -0.3 is 4.74 Å². The van der Waals surface area contributed by atoms with Crippen LogP contribution in [-0.4, -0.2) is 9.97 Å². The molecule has 0 unspecified atom stereocenters. The molecule has 0 saturated heterocycles. The molecule has 4 rings (SSSR count). The number of hydrogen-bond donors (Lipinski definition) is 0. The van der Waals surface area contributed by atoms with Crippen molar-refractivity contribution in [3.8, 4) is 0 Å². The van der Waals surface area contributed by atoms with E-state index in [2.05, 4.69) is 34.2 Å². The van der Waals surface area contributed by atoms with Crippen molar-refractivity contribution in [3.05, 3.63) is 84.2 Å². The summed E-state index contributed by atoms with van der Waals surface area (Å²) in [5.74, 6) is 0. The molecule has 0 radical (unpaired) electrons. The van der Waals surface area contributed by atoms with E-state index in [1.165, 1.54) is 0 Å². The maximum Gasteiger partial charge on any atom is 0.0893 e. The summed E-state index contributed by atoms with van der Waals surface area (Å²) in [5.41, 5.74) is 3.86.